The van der Waals surface area contributed by atoms with E-state index in [1.54, 1.807) is 10.9 Å². The van der Waals surface area contributed by atoms with Gasteiger partial charge in [0.2, 0.25) is 0 Å². The summed E-state index contributed by atoms with van der Waals surface area (Å²) >= 11 is 7.24. The molecule has 0 saturated carbocycles. The Labute approximate surface area is 191 Å². The fourth-order valence-corrected chi connectivity index (χ4v) is 4.55. The first kappa shape index (κ1) is 21.7. The summed E-state index contributed by atoms with van der Waals surface area (Å²) in [5, 5.41) is 21.2. The number of hydrogen-bond acceptors (Lipinski definition) is 7. The molecule has 0 aliphatic rings. The van der Waals surface area contributed by atoms with Crippen molar-refractivity contribution in [3.05, 3.63) is 92.9 Å². The Balaban J connectivity index is 1.64. The molecule has 0 fully saturated rings. The molecule has 4 rings (SSSR count). The van der Waals surface area contributed by atoms with Crippen LogP contribution in [0.2, 0.25) is 5.02 Å². The van der Waals surface area contributed by atoms with Crippen LogP contribution in [0.3, 0.4) is 0 Å². The number of sulfonamides is 1. The first-order chi connectivity index (χ1) is 15.3. The van der Waals surface area contributed by atoms with Crippen LogP contribution in [0.4, 0.5) is 5.69 Å². The first-order valence-electron chi connectivity index (χ1n) is 9.03. The van der Waals surface area contributed by atoms with E-state index in [4.69, 9.17) is 11.6 Å². The predicted octanol–water partition coefficient (Wildman–Crippen LogP) is 4.47. The first-order valence-corrected chi connectivity index (χ1v) is 11.8. The molecule has 32 heavy (non-hydrogen) atoms. The van der Waals surface area contributed by atoms with Crippen LogP contribution in [-0.4, -0.2) is 29.3 Å². The maximum atomic E-state index is 12.5. The lowest BCUT2D eigenvalue weighted by Gasteiger charge is -2.04. The molecule has 4 aromatic rings. The van der Waals surface area contributed by atoms with E-state index in [0.29, 0.717) is 11.3 Å². The number of hydrazone groups is 1. The van der Waals surface area contributed by atoms with Crippen molar-refractivity contribution >= 4 is 44.9 Å². The lowest BCUT2D eigenvalue weighted by molar-refractivity contribution is -0.384. The van der Waals surface area contributed by atoms with Crippen molar-refractivity contribution in [3.8, 4) is 16.3 Å². The monoisotopic (exact) mass is 487 g/mol. The highest BCUT2D eigenvalue weighted by Gasteiger charge is 2.20. The van der Waals surface area contributed by atoms with Crippen LogP contribution >= 0.6 is 22.9 Å². The summed E-state index contributed by atoms with van der Waals surface area (Å²) < 4.78 is 26.8. The van der Waals surface area contributed by atoms with E-state index in [0.717, 1.165) is 28.8 Å². The zero-order valence-corrected chi connectivity index (χ0v) is 18.5. The Kier molecular flexibility index (Phi) is 6.04. The summed E-state index contributed by atoms with van der Waals surface area (Å²) in [5.74, 6) is 0. The minimum Gasteiger partial charge on any atom is -0.258 e. The quantitative estimate of drug-likeness (QED) is 0.234. The molecule has 0 spiro atoms. The van der Waals surface area contributed by atoms with Crippen LogP contribution in [0, 0.1) is 10.1 Å². The summed E-state index contributed by atoms with van der Waals surface area (Å²) in [6.45, 7) is 0. The van der Waals surface area contributed by atoms with E-state index >= 15 is 0 Å². The predicted molar refractivity (Wildman–Crippen MR) is 123 cm³/mol. The van der Waals surface area contributed by atoms with E-state index in [2.05, 4.69) is 15.0 Å². The number of para-hydroxylation sites is 1. The molecule has 12 heteroatoms. The molecular weight excluding hydrogens is 474 g/mol. The highest BCUT2D eigenvalue weighted by Crippen LogP contribution is 2.28. The second-order valence-electron chi connectivity index (χ2n) is 6.41. The molecule has 0 bridgehead atoms. The summed E-state index contributed by atoms with van der Waals surface area (Å²) in [6, 6.07) is 16.4. The van der Waals surface area contributed by atoms with Gasteiger partial charge in [-0.1, -0.05) is 35.9 Å². The molecule has 0 unspecified atom stereocenters. The van der Waals surface area contributed by atoms with Gasteiger partial charge in [-0.15, -0.1) is 11.3 Å². The smallest absolute Gasteiger partial charge is 0.258 e. The molecule has 2 heterocycles. The molecule has 0 atom stereocenters. The van der Waals surface area contributed by atoms with Crippen LogP contribution in [0.15, 0.2) is 82.2 Å². The number of aromatic nitrogens is 2. The molecule has 2 aromatic heterocycles. The highest BCUT2D eigenvalue weighted by molar-refractivity contribution is 7.89. The van der Waals surface area contributed by atoms with Crippen LogP contribution in [-0.2, 0) is 10.0 Å². The fraction of sp³-hybridized carbons (Fsp3) is 0. The molecule has 162 valence electrons. The average Bonchev–Trinajstić information content (AvgIpc) is 3.44. The van der Waals surface area contributed by atoms with Crippen LogP contribution in [0.1, 0.15) is 5.56 Å². The second-order valence-corrected chi connectivity index (χ2v) is 9.43. The molecule has 2 aromatic carbocycles. The largest absolute Gasteiger partial charge is 0.289 e. The number of halogens is 1. The number of rotatable bonds is 7. The standard InChI is InChI=1S/C20H14ClN5O4S2/c21-17-9-8-16(11-18(17)26(27)28)32(29,30)24-22-12-14-13-25(15-5-2-1-3-6-15)23-20(14)19-7-4-10-31-19/h1-13,24H/b22-12+. The van der Waals surface area contributed by atoms with Gasteiger partial charge in [-0.2, -0.15) is 18.6 Å². The number of thiophene rings is 1. The number of nitrogens with one attached hydrogen (secondary N) is 1. The molecule has 1 N–H and O–H groups in total. The Morgan fingerprint density at radius 3 is 2.62 bits per heavy atom. The number of nitro benzene ring substituents is 1. The van der Waals surface area contributed by atoms with E-state index in [9.17, 15) is 18.5 Å². The van der Waals surface area contributed by atoms with Crippen molar-refractivity contribution in [1.82, 2.24) is 14.6 Å². The van der Waals surface area contributed by atoms with E-state index < -0.39 is 20.6 Å². The van der Waals surface area contributed by atoms with E-state index in [-0.39, 0.29) is 9.92 Å². The zero-order valence-electron chi connectivity index (χ0n) is 16.1. The minimum absolute atomic E-state index is 0.161. The second kappa shape index (κ2) is 8.91. The molecule has 0 radical (unpaired) electrons. The lowest BCUT2D eigenvalue weighted by atomic mass is 10.2. The number of benzene rings is 2. The van der Waals surface area contributed by atoms with Crippen molar-refractivity contribution in [3.63, 3.8) is 0 Å². The van der Waals surface area contributed by atoms with Crippen molar-refractivity contribution in [1.29, 1.82) is 0 Å². The van der Waals surface area contributed by atoms with Crippen LogP contribution < -0.4 is 4.83 Å². The SMILES string of the molecule is O=[N+]([O-])c1cc(S(=O)(=O)N/N=C/c2cn(-c3ccccc3)nc2-c2cccs2)ccc1Cl. The van der Waals surface area contributed by atoms with Crippen LogP contribution in [0.5, 0.6) is 0 Å². The summed E-state index contributed by atoms with van der Waals surface area (Å²) in [4.78, 5) is 12.9. The third-order valence-electron chi connectivity index (χ3n) is 4.32. The number of nitro groups is 1. The van der Waals surface area contributed by atoms with Gasteiger partial charge >= 0.3 is 0 Å². The van der Waals surface area contributed by atoms with Crippen LogP contribution in [0.25, 0.3) is 16.3 Å². The average molecular weight is 488 g/mol. The molecule has 0 saturated heterocycles. The molecular formula is C20H14ClN5O4S2. The summed E-state index contributed by atoms with van der Waals surface area (Å²) in [7, 11) is -4.15. The topological polar surface area (TPSA) is 119 Å². The maximum absolute atomic E-state index is 12.5. The van der Waals surface area contributed by atoms with E-state index in [1.165, 1.54) is 17.6 Å². The van der Waals surface area contributed by atoms with Gasteiger partial charge in [0.25, 0.3) is 15.7 Å². The molecule has 9 nitrogen and oxygen atoms in total. The van der Waals surface area contributed by atoms with Gasteiger partial charge < -0.3 is 0 Å². The zero-order chi connectivity index (χ0) is 22.7. The third-order valence-corrected chi connectivity index (χ3v) is 6.74. The Bertz CT molecular complexity index is 1400. The van der Waals surface area contributed by atoms with Gasteiger partial charge in [0.1, 0.15) is 10.7 Å². The molecule has 0 aliphatic heterocycles. The Hall–Kier alpha value is -3.54. The number of hydrogen-bond donors (Lipinski definition) is 1. The van der Waals surface area contributed by atoms with Gasteiger partial charge in [-0.05, 0) is 35.7 Å². The lowest BCUT2D eigenvalue weighted by Crippen LogP contribution is -2.18. The summed E-state index contributed by atoms with van der Waals surface area (Å²) in [6.07, 6.45) is 3.07. The maximum Gasteiger partial charge on any atom is 0.289 e. The Morgan fingerprint density at radius 2 is 1.94 bits per heavy atom. The molecule has 0 aliphatic carbocycles. The van der Waals surface area contributed by atoms with Crippen molar-refractivity contribution in [2.75, 3.05) is 0 Å². The van der Waals surface area contributed by atoms with Gasteiger partial charge in [0, 0.05) is 17.8 Å². The van der Waals surface area contributed by atoms with Crippen molar-refractivity contribution < 1.29 is 13.3 Å². The highest BCUT2D eigenvalue weighted by atomic mass is 35.5. The van der Waals surface area contributed by atoms with E-state index in [1.807, 2.05) is 47.8 Å². The Morgan fingerprint density at radius 1 is 1.16 bits per heavy atom. The minimum atomic E-state index is -4.15. The van der Waals surface area contributed by atoms with Gasteiger partial charge in [0.15, 0.2) is 0 Å². The normalized spacial score (nSPS) is 11.7. The van der Waals surface area contributed by atoms with Gasteiger partial charge in [0.05, 0.1) is 26.6 Å². The fourth-order valence-electron chi connectivity index (χ4n) is 2.82. The van der Waals surface area contributed by atoms with Gasteiger partial charge in [-0.25, -0.2) is 9.51 Å². The van der Waals surface area contributed by atoms with Crippen molar-refractivity contribution in [2.24, 2.45) is 5.10 Å². The van der Waals surface area contributed by atoms with Crippen molar-refractivity contribution in [2.45, 2.75) is 4.90 Å². The number of nitrogens with zero attached hydrogens (tertiary/aromatic N) is 4. The summed E-state index contributed by atoms with van der Waals surface area (Å²) in [5.41, 5.74) is 1.54. The third kappa shape index (κ3) is 4.54. The van der Waals surface area contributed by atoms with Gasteiger partial charge in [-0.3, -0.25) is 10.1 Å². The molecule has 0 amide bonds.